The van der Waals surface area contributed by atoms with Crippen LogP contribution in [0.1, 0.15) is 19.8 Å². The van der Waals surface area contributed by atoms with Gasteiger partial charge in [0.25, 0.3) is 0 Å². The Morgan fingerprint density at radius 2 is 2.43 bits per heavy atom. The zero-order chi connectivity index (χ0) is 9.97. The van der Waals surface area contributed by atoms with E-state index >= 15 is 0 Å². The van der Waals surface area contributed by atoms with Crippen molar-refractivity contribution in [3.05, 3.63) is 0 Å². The van der Waals surface area contributed by atoms with E-state index in [4.69, 9.17) is 0 Å². The van der Waals surface area contributed by atoms with Crippen LogP contribution in [0.2, 0.25) is 0 Å². The van der Waals surface area contributed by atoms with Crippen molar-refractivity contribution in [2.75, 3.05) is 26.2 Å². The number of nitrogens with zero attached hydrogens (tertiary/aromatic N) is 1. The molecule has 4 heteroatoms. The minimum Gasteiger partial charge on any atom is -0.334 e. The summed E-state index contributed by atoms with van der Waals surface area (Å²) in [5.41, 5.74) is 0. The first-order chi connectivity index (χ1) is 6.75. The van der Waals surface area contributed by atoms with Gasteiger partial charge in [-0.3, -0.25) is 0 Å². The van der Waals surface area contributed by atoms with Crippen molar-refractivity contribution in [2.24, 2.45) is 5.92 Å². The summed E-state index contributed by atoms with van der Waals surface area (Å²) in [6.45, 7) is 6.12. The van der Waals surface area contributed by atoms with E-state index in [0.717, 1.165) is 38.5 Å². The van der Waals surface area contributed by atoms with Gasteiger partial charge in [0.05, 0.1) is 0 Å². The number of carbonyl (C=O) groups is 1. The molecule has 2 heterocycles. The zero-order valence-electron chi connectivity index (χ0n) is 8.75. The van der Waals surface area contributed by atoms with Crippen LogP contribution in [0, 0.1) is 5.92 Å². The monoisotopic (exact) mass is 197 g/mol. The SMILES string of the molecule is CC1CN(CCC2CCNC2)C(=O)N1. The maximum absolute atomic E-state index is 11.4. The van der Waals surface area contributed by atoms with Crippen molar-refractivity contribution in [1.29, 1.82) is 0 Å². The third kappa shape index (κ3) is 2.18. The molecule has 0 saturated carbocycles. The first kappa shape index (κ1) is 9.77. The largest absolute Gasteiger partial charge is 0.334 e. The molecule has 0 aromatic rings. The Hall–Kier alpha value is -0.770. The lowest BCUT2D eigenvalue weighted by molar-refractivity contribution is 0.214. The van der Waals surface area contributed by atoms with Gasteiger partial charge in [0, 0.05) is 19.1 Å². The second kappa shape index (κ2) is 4.17. The van der Waals surface area contributed by atoms with Gasteiger partial charge in [-0.05, 0) is 38.8 Å². The van der Waals surface area contributed by atoms with Crippen LogP contribution in [0.4, 0.5) is 4.79 Å². The van der Waals surface area contributed by atoms with Crippen molar-refractivity contribution in [3.8, 4) is 0 Å². The van der Waals surface area contributed by atoms with Gasteiger partial charge in [0.1, 0.15) is 0 Å². The molecule has 2 rings (SSSR count). The Balaban J connectivity index is 1.72. The molecule has 2 aliphatic rings. The highest BCUT2D eigenvalue weighted by Gasteiger charge is 2.26. The van der Waals surface area contributed by atoms with Crippen molar-refractivity contribution in [3.63, 3.8) is 0 Å². The van der Waals surface area contributed by atoms with Crippen molar-refractivity contribution < 1.29 is 4.79 Å². The van der Waals surface area contributed by atoms with Gasteiger partial charge in [-0.15, -0.1) is 0 Å². The molecule has 14 heavy (non-hydrogen) atoms. The standard InChI is InChI=1S/C10H19N3O/c1-8-7-13(10(14)12-8)5-3-9-2-4-11-6-9/h8-9,11H,2-7H2,1H3,(H,12,14). The molecular weight excluding hydrogens is 178 g/mol. The maximum atomic E-state index is 11.4. The van der Waals surface area contributed by atoms with E-state index in [1.807, 2.05) is 4.90 Å². The lowest BCUT2D eigenvalue weighted by Crippen LogP contribution is -2.30. The Bertz CT molecular complexity index is 213. The van der Waals surface area contributed by atoms with Crippen LogP contribution in [-0.2, 0) is 0 Å². The average molecular weight is 197 g/mol. The molecular formula is C10H19N3O. The first-order valence-electron chi connectivity index (χ1n) is 5.52. The van der Waals surface area contributed by atoms with Crippen LogP contribution >= 0.6 is 0 Å². The van der Waals surface area contributed by atoms with E-state index in [1.54, 1.807) is 0 Å². The van der Waals surface area contributed by atoms with E-state index in [9.17, 15) is 4.79 Å². The van der Waals surface area contributed by atoms with Crippen molar-refractivity contribution in [2.45, 2.75) is 25.8 Å². The fourth-order valence-electron chi connectivity index (χ4n) is 2.25. The van der Waals surface area contributed by atoms with Gasteiger partial charge in [0.15, 0.2) is 0 Å². The lowest BCUT2D eigenvalue weighted by Gasteiger charge is -2.16. The molecule has 80 valence electrons. The molecule has 0 bridgehead atoms. The Kier molecular flexibility index (Phi) is 2.91. The Morgan fingerprint density at radius 3 is 3.00 bits per heavy atom. The molecule has 0 aromatic heterocycles. The predicted molar refractivity (Wildman–Crippen MR) is 55.2 cm³/mol. The summed E-state index contributed by atoms with van der Waals surface area (Å²) in [4.78, 5) is 13.3. The van der Waals surface area contributed by atoms with Crippen LogP contribution < -0.4 is 10.6 Å². The highest BCUT2D eigenvalue weighted by molar-refractivity contribution is 5.76. The molecule has 4 nitrogen and oxygen atoms in total. The van der Waals surface area contributed by atoms with Crippen LogP contribution in [0.25, 0.3) is 0 Å². The van der Waals surface area contributed by atoms with E-state index in [-0.39, 0.29) is 6.03 Å². The minimum atomic E-state index is 0.114. The third-order valence-corrected chi connectivity index (χ3v) is 3.12. The van der Waals surface area contributed by atoms with Crippen molar-refractivity contribution >= 4 is 6.03 Å². The van der Waals surface area contributed by atoms with Crippen LogP contribution in [0.3, 0.4) is 0 Å². The smallest absolute Gasteiger partial charge is 0.317 e. The van der Waals surface area contributed by atoms with Gasteiger partial charge < -0.3 is 15.5 Å². The quantitative estimate of drug-likeness (QED) is 0.688. The van der Waals surface area contributed by atoms with E-state index < -0.39 is 0 Å². The number of carbonyl (C=O) groups excluding carboxylic acids is 1. The Labute approximate surface area is 85.0 Å². The summed E-state index contributed by atoms with van der Waals surface area (Å²) >= 11 is 0. The number of urea groups is 1. The highest BCUT2D eigenvalue weighted by atomic mass is 16.2. The van der Waals surface area contributed by atoms with Gasteiger partial charge in [-0.2, -0.15) is 0 Å². The first-order valence-corrected chi connectivity index (χ1v) is 5.52. The molecule has 2 atom stereocenters. The molecule has 2 aliphatic heterocycles. The van der Waals surface area contributed by atoms with Crippen LogP contribution in [-0.4, -0.2) is 43.2 Å². The Morgan fingerprint density at radius 1 is 1.57 bits per heavy atom. The number of hydrogen-bond acceptors (Lipinski definition) is 2. The van der Waals surface area contributed by atoms with E-state index in [2.05, 4.69) is 17.6 Å². The fraction of sp³-hybridized carbons (Fsp3) is 0.900. The highest BCUT2D eigenvalue weighted by Crippen LogP contribution is 2.14. The second-order valence-corrected chi connectivity index (χ2v) is 4.44. The van der Waals surface area contributed by atoms with Gasteiger partial charge in [-0.1, -0.05) is 0 Å². The van der Waals surface area contributed by atoms with E-state index in [0.29, 0.717) is 6.04 Å². The normalized spacial score (nSPS) is 32.4. The van der Waals surface area contributed by atoms with Crippen LogP contribution in [0.15, 0.2) is 0 Å². The maximum Gasteiger partial charge on any atom is 0.317 e. The van der Waals surface area contributed by atoms with Gasteiger partial charge in [-0.25, -0.2) is 4.79 Å². The molecule has 0 aliphatic carbocycles. The minimum absolute atomic E-state index is 0.114. The number of amides is 2. The summed E-state index contributed by atoms with van der Waals surface area (Å²) in [5.74, 6) is 0.777. The average Bonchev–Trinajstić information content (AvgIpc) is 2.72. The van der Waals surface area contributed by atoms with Crippen molar-refractivity contribution in [1.82, 2.24) is 15.5 Å². The topological polar surface area (TPSA) is 44.4 Å². The fourth-order valence-corrected chi connectivity index (χ4v) is 2.25. The molecule has 2 unspecified atom stereocenters. The zero-order valence-corrected chi connectivity index (χ0v) is 8.75. The van der Waals surface area contributed by atoms with Crippen LogP contribution in [0.5, 0.6) is 0 Å². The summed E-state index contributed by atoms with van der Waals surface area (Å²) in [7, 11) is 0. The molecule has 2 amide bonds. The lowest BCUT2D eigenvalue weighted by atomic mass is 10.1. The molecule has 2 fully saturated rings. The van der Waals surface area contributed by atoms with Gasteiger partial charge in [0.2, 0.25) is 0 Å². The third-order valence-electron chi connectivity index (χ3n) is 3.12. The number of hydrogen-bond donors (Lipinski definition) is 2. The molecule has 2 N–H and O–H groups in total. The number of rotatable bonds is 3. The van der Waals surface area contributed by atoms with Gasteiger partial charge >= 0.3 is 6.03 Å². The summed E-state index contributed by atoms with van der Waals surface area (Å²) in [5, 5.41) is 6.26. The number of nitrogens with one attached hydrogen (secondary N) is 2. The summed E-state index contributed by atoms with van der Waals surface area (Å²) < 4.78 is 0. The molecule has 0 spiro atoms. The second-order valence-electron chi connectivity index (χ2n) is 4.44. The molecule has 2 saturated heterocycles. The summed E-state index contributed by atoms with van der Waals surface area (Å²) in [6, 6.07) is 0.438. The van der Waals surface area contributed by atoms with E-state index in [1.165, 1.54) is 6.42 Å². The predicted octanol–water partition coefficient (Wildman–Crippen LogP) is 0.400. The molecule has 0 radical (unpaired) electrons. The summed E-state index contributed by atoms with van der Waals surface area (Å²) in [6.07, 6.45) is 2.41. The molecule has 0 aromatic carbocycles.